The molecule has 0 spiro atoms. The quantitative estimate of drug-likeness (QED) is 0.564. The van der Waals surface area contributed by atoms with Crippen molar-refractivity contribution < 1.29 is 9.32 Å². The largest absolute Gasteiger partial charge is 0.360 e. The summed E-state index contributed by atoms with van der Waals surface area (Å²) in [5.74, 6) is 0.340. The van der Waals surface area contributed by atoms with Gasteiger partial charge in [-0.2, -0.15) is 0 Å². The lowest BCUT2D eigenvalue weighted by atomic mass is 10.0. The molecule has 1 N–H and O–H groups in total. The summed E-state index contributed by atoms with van der Waals surface area (Å²) in [5, 5.41) is 11.2. The lowest BCUT2D eigenvalue weighted by molar-refractivity contribution is 0.102. The second-order valence-corrected chi connectivity index (χ2v) is 7.19. The van der Waals surface area contributed by atoms with Gasteiger partial charge in [0.2, 0.25) is 0 Å². The van der Waals surface area contributed by atoms with Crippen LogP contribution in [0.15, 0.2) is 58.0 Å². The van der Waals surface area contributed by atoms with Crippen molar-refractivity contribution in [3.63, 3.8) is 0 Å². The summed E-state index contributed by atoms with van der Waals surface area (Å²) < 4.78 is 8.19. The molecule has 0 fully saturated rings. The zero-order valence-corrected chi connectivity index (χ0v) is 16.4. The number of anilines is 1. The summed E-state index contributed by atoms with van der Waals surface area (Å²) >= 11 is 0. The van der Waals surface area contributed by atoms with Gasteiger partial charge in [0, 0.05) is 17.8 Å². The van der Waals surface area contributed by atoms with Gasteiger partial charge in [0.1, 0.15) is 5.56 Å². The van der Waals surface area contributed by atoms with Crippen LogP contribution in [0.1, 0.15) is 47.1 Å². The van der Waals surface area contributed by atoms with Crippen LogP contribution in [0.4, 0.5) is 5.69 Å². The van der Waals surface area contributed by atoms with Gasteiger partial charge in [0.05, 0.1) is 12.2 Å². The second kappa shape index (κ2) is 7.38. The van der Waals surface area contributed by atoms with E-state index in [4.69, 9.17) is 4.52 Å². The summed E-state index contributed by atoms with van der Waals surface area (Å²) in [6.07, 6.45) is 1.69. The Kier molecular flexibility index (Phi) is 4.75. The molecule has 1 aromatic carbocycles. The molecule has 4 rings (SSSR count). The monoisotopic (exact) mass is 391 g/mol. The van der Waals surface area contributed by atoms with Gasteiger partial charge in [0.15, 0.2) is 11.4 Å². The zero-order valence-electron chi connectivity index (χ0n) is 16.4. The van der Waals surface area contributed by atoms with Crippen molar-refractivity contribution in [1.82, 2.24) is 19.3 Å². The number of rotatable bonds is 5. The highest BCUT2D eigenvalue weighted by Gasteiger charge is 2.22. The van der Waals surface area contributed by atoms with Gasteiger partial charge < -0.3 is 9.84 Å². The number of hydrogen-bond donors (Lipinski definition) is 1. The number of nitrogens with zero attached hydrogens (tertiary/aromatic N) is 4. The fraction of sp³-hybridized carbons (Fsp3) is 0.238. The lowest BCUT2D eigenvalue weighted by Crippen LogP contribution is -2.21. The number of aromatic nitrogens is 4. The number of benzene rings is 1. The van der Waals surface area contributed by atoms with Gasteiger partial charge in [-0.25, -0.2) is 9.48 Å². The first-order chi connectivity index (χ1) is 13.9. The number of hydrogen-bond acceptors (Lipinski definition) is 5. The molecule has 0 unspecified atom stereocenters. The SMILES string of the molecule is Cc1noc(C(C)C)c1C(=O)Nc1cccc(Cn2nc3ccccn3c2=O)c1. The van der Waals surface area contributed by atoms with E-state index in [2.05, 4.69) is 15.6 Å². The van der Waals surface area contributed by atoms with Gasteiger partial charge in [-0.15, -0.1) is 5.10 Å². The molecule has 0 saturated heterocycles. The number of carbonyl (C=O) groups excluding carboxylic acids is 1. The van der Waals surface area contributed by atoms with Crippen molar-refractivity contribution in [2.75, 3.05) is 5.32 Å². The summed E-state index contributed by atoms with van der Waals surface area (Å²) in [7, 11) is 0. The molecule has 0 saturated carbocycles. The fourth-order valence-electron chi connectivity index (χ4n) is 3.24. The highest BCUT2D eigenvalue weighted by atomic mass is 16.5. The first-order valence-electron chi connectivity index (χ1n) is 9.34. The summed E-state index contributed by atoms with van der Waals surface area (Å²) in [5.41, 5.74) is 2.86. The Balaban J connectivity index is 1.58. The molecule has 29 heavy (non-hydrogen) atoms. The van der Waals surface area contributed by atoms with Gasteiger partial charge >= 0.3 is 5.69 Å². The van der Waals surface area contributed by atoms with Gasteiger partial charge in [0.25, 0.3) is 5.91 Å². The fourth-order valence-corrected chi connectivity index (χ4v) is 3.24. The molecule has 0 bridgehead atoms. The smallest absolute Gasteiger partial charge is 0.350 e. The van der Waals surface area contributed by atoms with E-state index in [1.165, 1.54) is 9.08 Å². The van der Waals surface area contributed by atoms with Crippen molar-refractivity contribution in [3.8, 4) is 0 Å². The standard InChI is InChI=1S/C21H21N5O3/c1-13(2)19-18(14(3)24-29-19)20(27)22-16-8-6-7-15(11-16)12-26-21(28)25-10-5-4-9-17(25)23-26/h4-11,13H,12H2,1-3H3,(H,22,27). The van der Waals surface area contributed by atoms with Crippen molar-refractivity contribution >= 4 is 17.2 Å². The molecule has 4 aromatic rings. The summed E-state index contributed by atoms with van der Waals surface area (Å²) in [4.78, 5) is 25.2. The Labute approximate surface area is 166 Å². The van der Waals surface area contributed by atoms with E-state index in [1.54, 1.807) is 31.3 Å². The zero-order chi connectivity index (χ0) is 20.5. The third kappa shape index (κ3) is 3.56. The van der Waals surface area contributed by atoms with E-state index in [0.29, 0.717) is 34.9 Å². The molecule has 0 aliphatic carbocycles. The highest BCUT2D eigenvalue weighted by molar-refractivity contribution is 6.05. The number of carbonyl (C=O) groups is 1. The third-order valence-electron chi connectivity index (χ3n) is 4.65. The number of nitrogens with one attached hydrogen (secondary N) is 1. The topological polar surface area (TPSA) is 94.4 Å². The minimum atomic E-state index is -0.269. The Morgan fingerprint density at radius 1 is 1.21 bits per heavy atom. The molecular weight excluding hydrogens is 370 g/mol. The molecule has 8 heteroatoms. The van der Waals surface area contributed by atoms with E-state index in [-0.39, 0.29) is 17.5 Å². The van der Waals surface area contributed by atoms with Crippen molar-refractivity contribution in [2.45, 2.75) is 33.2 Å². The maximum Gasteiger partial charge on any atom is 0.350 e. The van der Waals surface area contributed by atoms with E-state index >= 15 is 0 Å². The lowest BCUT2D eigenvalue weighted by Gasteiger charge is -2.09. The number of pyridine rings is 1. The van der Waals surface area contributed by atoms with Gasteiger partial charge in [-0.05, 0) is 36.8 Å². The Morgan fingerprint density at radius 2 is 2.03 bits per heavy atom. The molecular formula is C21H21N5O3. The number of fused-ring (bicyclic) bond motifs is 1. The Hall–Kier alpha value is -3.68. The molecule has 3 aromatic heterocycles. The summed E-state index contributed by atoms with van der Waals surface area (Å²) in [6.45, 7) is 5.94. The average Bonchev–Trinajstić information content (AvgIpc) is 3.23. The van der Waals surface area contributed by atoms with Crippen LogP contribution in [0, 0.1) is 6.92 Å². The van der Waals surface area contributed by atoms with Crippen LogP contribution >= 0.6 is 0 Å². The minimum absolute atomic E-state index is 0.0465. The normalized spacial score (nSPS) is 11.3. The van der Waals surface area contributed by atoms with Crippen molar-refractivity contribution in [2.24, 2.45) is 0 Å². The molecule has 0 aliphatic heterocycles. The molecule has 3 heterocycles. The van der Waals surface area contributed by atoms with Crippen molar-refractivity contribution in [3.05, 3.63) is 81.7 Å². The van der Waals surface area contributed by atoms with Crippen LogP contribution in [0.3, 0.4) is 0 Å². The molecule has 0 aliphatic rings. The Morgan fingerprint density at radius 3 is 2.79 bits per heavy atom. The van der Waals surface area contributed by atoms with E-state index in [1.807, 2.05) is 38.1 Å². The second-order valence-electron chi connectivity index (χ2n) is 7.19. The molecule has 1 amide bonds. The molecule has 0 radical (unpaired) electrons. The van der Waals surface area contributed by atoms with Crippen molar-refractivity contribution in [1.29, 1.82) is 0 Å². The predicted molar refractivity (Wildman–Crippen MR) is 108 cm³/mol. The van der Waals surface area contributed by atoms with E-state index in [0.717, 1.165) is 5.56 Å². The minimum Gasteiger partial charge on any atom is -0.360 e. The number of amides is 1. The van der Waals surface area contributed by atoms with Crippen LogP contribution in [0.5, 0.6) is 0 Å². The molecule has 8 nitrogen and oxygen atoms in total. The van der Waals surface area contributed by atoms with Crippen LogP contribution < -0.4 is 11.0 Å². The molecule has 0 atom stereocenters. The maximum atomic E-state index is 12.8. The average molecular weight is 391 g/mol. The first kappa shape index (κ1) is 18.7. The van der Waals surface area contributed by atoms with Gasteiger partial charge in [-0.1, -0.05) is 37.2 Å². The Bertz CT molecular complexity index is 1250. The third-order valence-corrected chi connectivity index (χ3v) is 4.65. The highest BCUT2D eigenvalue weighted by Crippen LogP contribution is 2.23. The maximum absolute atomic E-state index is 12.8. The van der Waals surface area contributed by atoms with Gasteiger partial charge in [-0.3, -0.25) is 9.20 Å². The van der Waals surface area contributed by atoms with Crippen LogP contribution in [0.25, 0.3) is 5.65 Å². The van der Waals surface area contributed by atoms with E-state index in [9.17, 15) is 9.59 Å². The summed E-state index contributed by atoms with van der Waals surface area (Å²) in [6, 6.07) is 12.7. The van der Waals surface area contributed by atoms with E-state index < -0.39 is 0 Å². The number of aryl methyl sites for hydroxylation is 1. The van der Waals surface area contributed by atoms with Crippen LogP contribution in [0.2, 0.25) is 0 Å². The van der Waals surface area contributed by atoms with Crippen LogP contribution in [-0.4, -0.2) is 25.2 Å². The predicted octanol–water partition coefficient (Wildman–Crippen LogP) is 3.22. The first-order valence-corrected chi connectivity index (χ1v) is 9.34. The molecule has 148 valence electrons. The van der Waals surface area contributed by atoms with Crippen LogP contribution in [-0.2, 0) is 6.54 Å².